The number of carbonyl (C=O) groups is 1. The quantitative estimate of drug-likeness (QED) is 0.720. The molecule has 2 heterocycles. The Morgan fingerprint density at radius 1 is 1.17 bits per heavy atom. The van der Waals surface area contributed by atoms with Gasteiger partial charge >= 0.3 is 6.09 Å². The van der Waals surface area contributed by atoms with Gasteiger partial charge in [0.1, 0.15) is 5.60 Å². The highest BCUT2D eigenvalue weighted by Crippen LogP contribution is 2.37. The second-order valence-electron chi connectivity index (χ2n) is 6.86. The van der Waals surface area contributed by atoms with Crippen LogP contribution < -0.4 is 0 Å². The number of piperidine rings is 1. The van der Waals surface area contributed by atoms with E-state index in [1.54, 1.807) is 0 Å². The Morgan fingerprint density at radius 2 is 1.67 bits per heavy atom. The Morgan fingerprint density at radius 3 is 2.06 bits per heavy atom. The van der Waals surface area contributed by atoms with Gasteiger partial charge in [-0.15, -0.1) is 0 Å². The van der Waals surface area contributed by atoms with Gasteiger partial charge in [-0.05, 0) is 60.5 Å². The van der Waals surface area contributed by atoms with Crippen LogP contribution in [0.5, 0.6) is 0 Å². The minimum Gasteiger partial charge on any atom is -0.444 e. The van der Waals surface area contributed by atoms with Crippen molar-refractivity contribution in [2.24, 2.45) is 0 Å². The van der Waals surface area contributed by atoms with Gasteiger partial charge in [0.2, 0.25) is 0 Å². The maximum Gasteiger partial charge on any atom is 0.410 e. The molecule has 0 radical (unpaired) electrons. The summed E-state index contributed by atoms with van der Waals surface area (Å²) in [4.78, 5) is 16.5. The van der Waals surface area contributed by atoms with E-state index in [0.717, 1.165) is 25.7 Å². The number of nitrogens with zero attached hydrogens (tertiary/aromatic N) is 2. The molecule has 0 aromatic carbocycles. The van der Waals surface area contributed by atoms with Crippen LogP contribution in [-0.2, 0) is 4.74 Å². The Hall–Kier alpha value is -0.770. The first-order chi connectivity index (χ1) is 8.28. The number of carbonyl (C=O) groups excluding carboxylic acids is 1. The molecular weight excluding hydrogens is 228 g/mol. The van der Waals surface area contributed by atoms with Crippen molar-refractivity contribution in [1.29, 1.82) is 0 Å². The largest absolute Gasteiger partial charge is 0.444 e. The Balaban J connectivity index is 2.02. The van der Waals surface area contributed by atoms with Gasteiger partial charge in [0.05, 0.1) is 0 Å². The summed E-state index contributed by atoms with van der Waals surface area (Å²) in [6, 6.07) is 1.37. The molecule has 0 N–H and O–H groups in total. The molecule has 0 saturated carbocycles. The van der Waals surface area contributed by atoms with Crippen molar-refractivity contribution in [3.05, 3.63) is 0 Å². The molecule has 0 aromatic heterocycles. The third-order valence-corrected chi connectivity index (χ3v) is 4.04. The smallest absolute Gasteiger partial charge is 0.410 e. The first-order valence-corrected chi connectivity index (χ1v) is 6.95. The summed E-state index contributed by atoms with van der Waals surface area (Å²) in [6.07, 6.45) is 4.32. The van der Waals surface area contributed by atoms with E-state index in [9.17, 15) is 4.79 Å². The molecule has 2 saturated heterocycles. The van der Waals surface area contributed by atoms with E-state index in [1.165, 1.54) is 0 Å². The molecule has 4 heteroatoms. The van der Waals surface area contributed by atoms with Crippen LogP contribution in [0, 0.1) is 0 Å². The van der Waals surface area contributed by atoms with Gasteiger partial charge in [0.15, 0.2) is 0 Å². The average Bonchev–Trinajstić information content (AvgIpc) is 2.47. The molecule has 2 rings (SSSR count). The molecule has 2 aliphatic heterocycles. The fourth-order valence-corrected chi connectivity index (χ4v) is 3.18. The monoisotopic (exact) mass is 254 g/mol. The van der Waals surface area contributed by atoms with Gasteiger partial charge in [-0.2, -0.15) is 0 Å². The van der Waals surface area contributed by atoms with Crippen LogP contribution in [0.4, 0.5) is 4.79 Å². The summed E-state index contributed by atoms with van der Waals surface area (Å²) in [5.74, 6) is 0. The lowest BCUT2D eigenvalue weighted by Gasteiger charge is -2.41. The molecular formula is C14H26N2O2. The van der Waals surface area contributed by atoms with Gasteiger partial charge in [-0.1, -0.05) is 0 Å². The van der Waals surface area contributed by atoms with E-state index in [0.29, 0.717) is 18.1 Å². The third-order valence-electron chi connectivity index (χ3n) is 4.04. The number of amides is 1. The zero-order valence-electron chi connectivity index (χ0n) is 12.3. The normalized spacial score (nSPS) is 31.9. The molecule has 2 bridgehead atoms. The first kappa shape index (κ1) is 13.7. The lowest BCUT2D eigenvalue weighted by molar-refractivity contribution is -0.000588. The molecule has 2 unspecified atom stereocenters. The van der Waals surface area contributed by atoms with Crippen molar-refractivity contribution in [3.63, 3.8) is 0 Å². The fraction of sp³-hybridized carbons (Fsp3) is 0.929. The highest BCUT2D eigenvalue weighted by molar-refractivity contribution is 5.69. The lowest BCUT2D eigenvalue weighted by atomic mass is 9.97. The zero-order chi connectivity index (χ0) is 13.5. The van der Waals surface area contributed by atoms with Crippen LogP contribution in [0.3, 0.4) is 0 Å². The van der Waals surface area contributed by atoms with Crippen LogP contribution in [0.2, 0.25) is 0 Å². The number of hydrogen-bond donors (Lipinski definition) is 0. The molecule has 0 aliphatic carbocycles. The van der Waals surface area contributed by atoms with Crippen molar-refractivity contribution in [3.8, 4) is 0 Å². The van der Waals surface area contributed by atoms with Crippen molar-refractivity contribution in [1.82, 2.24) is 9.80 Å². The van der Waals surface area contributed by atoms with Gasteiger partial charge in [0, 0.05) is 18.1 Å². The summed E-state index contributed by atoms with van der Waals surface area (Å²) in [7, 11) is 4.26. The summed E-state index contributed by atoms with van der Waals surface area (Å²) in [6.45, 7) is 5.79. The molecule has 2 aliphatic rings. The highest BCUT2D eigenvalue weighted by Gasteiger charge is 2.45. The summed E-state index contributed by atoms with van der Waals surface area (Å²) >= 11 is 0. The molecule has 0 spiro atoms. The number of ether oxygens (including phenoxy) is 1. The van der Waals surface area contributed by atoms with Crippen molar-refractivity contribution < 1.29 is 9.53 Å². The van der Waals surface area contributed by atoms with Crippen LogP contribution in [0.25, 0.3) is 0 Å². The number of rotatable bonds is 1. The molecule has 104 valence electrons. The van der Waals surface area contributed by atoms with Crippen LogP contribution in [0.15, 0.2) is 0 Å². The Bertz CT molecular complexity index is 308. The summed E-state index contributed by atoms with van der Waals surface area (Å²) in [5.41, 5.74) is -0.394. The topological polar surface area (TPSA) is 32.8 Å². The van der Waals surface area contributed by atoms with Crippen molar-refractivity contribution in [2.75, 3.05) is 14.1 Å². The molecule has 18 heavy (non-hydrogen) atoms. The predicted molar refractivity (Wildman–Crippen MR) is 71.6 cm³/mol. The van der Waals surface area contributed by atoms with Gasteiger partial charge in [-0.25, -0.2) is 4.79 Å². The van der Waals surface area contributed by atoms with E-state index in [2.05, 4.69) is 19.0 Å². The Labute approximate surface area is 110 Å². The van der Waals surface area contributed by atoms with Gasteiger partial charge in [0.25, 0.3) is 0 Å². The minimum atomic E-state index is -0.394. The van der Waals surface area contributed by atoms with E-state index in [4.69, 9.17) is 4.74 Å². The predicted octanol–water partition coefficient (Wildman–Crippen LogP) is 2.48. The summed E-state index contributed by atoms with van der Waals surface area (Å²) < 4.78 is 5.53. The van der Waals surface area contributed by atoms with E-state index < -0.39 is 5.60 Å². The average molecular weight is 254 g/mol. The van der Waals surface area contributed by atoms with Crippen LogP contribution in [0.1, 0.15) is 46.5 Å². The maximum atomic E-state index is 12.2. The van der Waals surface area contributed by atoms with E-state index in [1.807, 2.05) is 25.7 Å². The summed E-state index contributed by atoms with van der Waals surface area (Å²) in [5, 5.41) is 0. The van der Waals surface area contributed by atoms with Crippen molar-refractivity contribution in [2.45, 2.75) is 70.2 Å². The SMILES string of the molecule is CN(C)C1CC2CCC(C1)N2C(=O)OC(C)(C)C. The van der Waals surface area contributed by atoms with Crippen LogP contribution in [-0.4, -0.2) is 53.7 Å². The molecule has 2 fully saturated rings. The molecule has 2 atom stereocenters. The molecule has 4 nitrogen and oxygen atoms in total. The maximum absolute atomic E-state index is 12.2. The first-order valence-electron chi connectivity index (χ1n) is 6.95. The van der Waals surface area contributed by atoms with E-state index in [-0.39, 0.29) is 6.09 Å². The Kier molecular flexibility index (Phi) is 3.58. The standard InChI is InChI=1S/C14H26N2O2/c1-14(2,3)18-13(17)16-10-6-7-11(16)9-12(8-10)15(4)5/h10-12H,6-9H2,1-5H3. The fourth-order valence-electron chi connectivity index (χ4n) is 3.18. The molecule has 0 aromatic rings. The number of fused-ring (bicyclic) bond motifs is 2. The lowest BCUT2D eigenvalue weighted by Crippen LogP contribution is -2.52. The third kappa shape index (κ3) is 2.79. The van der Waals surface area contributed by atoms with Gasteiger partial charge < -0.3 is 14.5 Å². The zero-order valence-corrected chi connectivity index (χ0v) is 12.3. The van der Waals surface area contributed by atoms with Crippen LogP contribution >= 0.6 is 0 Å². The van der Waals surface area contributed by atoms with Crippen molar-refractivity contribution >= 4 is 6.09 Å². The van der Waals surface area contributed by atoms with Gasteiger partial charge in [-0.3, -0.25) is 0 Å². The second-order valence-corrected chi connectivity index (χ2v) is 6.86. The molecule has 1 amide bonds. The number of hydrogen-bond acceptors (Lipinski definition) is 3. The van der Waals surface area contributed by atoms with E-state index >= 15 is 0 Å². The second kappa shape index (κ2) is 4.72. The minimum absolute atomic E-state index is 0.118. The highest BCUT2D eigenvalue weighted by atomic mass is 16.6.